The molecule has 0 saturated carbocycles. The Hall–Kier alpha value is -1.23. The molecule has 0 aliphatic carbocycles. The van der Waals surface area contributed by atoms with E-state index in [2.05, 4.69) is 21.2 Å². The monoisotopic (exact) mass is 301 g/mol. The first-order valence-corrected chi connectivity index (χ1v) is 6.29. The van der Waals surface area contributed by atoms with Gasteiger partial charge < -0.3 is 15.5 Å². The van der Waals surface area contributed by atoms with E-state index in [0.717, 1.165) is 6.42 Å². The number of rotatable bonds is 4. The standard InChI is InChI=1S/C12H16BrNO3/c1-7(13)6-8(2)14-12(17)11-9(15)4-3-5-10(11)16/h3-5,7-8,15-16H,6H2,1-2H3,(H,14,17). The van der Waals surface area contributed by atoms with Crippen molar-refractivity contribution in [2.24, 2.45) is 0 Å². The van der Waals surface area contributed by atoms with E-state index in [0.29, 0.717) is 0 Å². The molecule has 1 aromatic rings. The molecular weight excluding hydrogens is 286 g/mol. The summed E-state index contributed by atoms with van der Waals surface area (Å²) in [4.78, 5) is 12.1. The predicted molar refractivity (Wildman–Crippen MR) is 69.7 cm³/mol. The molecular formula is C12H16BrNO3. The molecule has 17 heavy (non-hydrogen) atoms. The van der Waals surface area contributed by atoms with Gasteiger partial charge in [0.25, 0.3) is 5.91 Å². The lowest BCUT2D eigenvalue weighted by Crippen LogP contribution is -2.33. The molecule has 2 unspecified atom stereocenters. The maximum atomic E-state index is 11.8. The number of carbonyl (C=O) groups excluding carboxylic acids is 1. The first kappa shape index (κ1) is 13.8. The summed E-state index contributed by atoms with van der Waals surface area (Å²) in [6.45, 7) is 3.85. The SMILES string of the molecule is CC(Br)CC(C)NC(=O)c1c(O)cccc1O. The van der Waals surface area contributed by atoms with Gasteiger partial charge in [0.15, 0.2) is 0 Å². The summed E-state index contributed by atoms with van der Waals surface area (Å²) >= 11 is 3.40. The van der Waals surface area contributed by atoms with Gasteiger partial charge in [-0.1, -0.05) is 28.9 Å². The quantitative estimate of drug-likeness (QED) is 0.748. The topological polar surface area (TPSA) is 69.6 Å². The fourth-order valence-electron chi connectivity index (χ4n) is 1.60. The molecule has 0 spiro atoms. The molecule has 0 radical (unpaired) electrons. The third-order valence-electron chi connectivity index (χ3n) is 2.30. The highest BCUT2D eigenvalue weighted by molar-refractivity contribution is 9.09. The molecule has 0 aliphatic rings. The predicted octanol–water partition coefficient (Wildman–Crippen LogP) is 2.39. The van der Waals surface area contributed by atoms with Crippen LogP contribution in [-0.2, 0) is 0 Å². The van der Waals surface area contributed by atoms with Crippen molar-refractivity contribution >= 4 is 21.8 Å². The Morgan fingerprint density at radius 3 is 2.35 bits per heavy atom. The Morgan fingerprint density at radius 2 is 1.88 bits per heavy atom. The van der Waals surface area contributed by atoms with Crippen LogP contribution in [0.1, 0.15) is 30.6 Å². The number of phenolic OH excluding ortho intramolecular Hbond substituents is 2. The van der Waals surface area contributed by atoms with Crippen molar-refractivity contribution in [2.75, 3.05) is 0 Å². The lowest BCUT2D eigenvalue weighted by molar-refractivity contribution is 0.0933. The van der Waals surface area contributed by atoms with Crippen molar-refractivity contribution in [2.45, 2.75) is 31.1 Å². The Labute approximate surface area is 109 Å². The van der Waals surface area contributed by atoms with Crippen LogP contribution in [-0.4, -0.2) is 27.0 Å². The lowest BCUT2D eigenvalue weighted by atomic mass is 10.1. The molecule has 0 heterocycles. The molecule has 1 aromatic carbocycles. The third kappa shape index (κ3) is 3.93. The average molecular weight is 302 g/mol. The van der Waals surface area contributed by atoms with Gasteiger partial charge in [-0.2, -0.15) is 0 Å². The van der Waals surface area contributed by atoms with Gasteiger partial charge in [-0.25, -0.2) is 0 Å². The summed E-state index contributed by atoms with van der Waals surface area (Å²) < 4.78 is 0. The summed E-state index contributed by atoms with van der Waals surface area (Å²) in [7, 11) is 0. The summed E-state index contributed by atoms with van der Waals surface area (Å²) in [5.74, 6) is -0.913. The van der Waals surface area contributed by atoms with Gasteiger partial charge in [0, 0.05) is 10.9 Å². The minimum Gasteiger partial charge on any atom is -0.507 e. The van der Waals surface area contributed by atoms with Crippen molar-refractivity contribution in [1.29, 1.82) is 0 Å². The van der Waals surface area contributed by atoms with Crippen LogP contribution in [0.3, 0.4) is 0 Å². The van der Waals surface area contributed by atoms with Crippen molar-refractivity contribution < 1.29 is 15.0 Å². The Bertz CT molecular complexity index is 386. The lowest BCUT2D eigenvalue weighted by Gasteiger charge is -2.16. The zero-order valence-electron chi connectivity index (χ0n) is 9.77. The van der Waals surface area contributed by atoms with Crippen LogP contribution in [0.2, 0.25) is 0 Å². The number of alkyl halides is 1. The van der Waals surface area contributed by atoms with E-state index in [9.17, 15) is 15.0 Å². The molecule has 2 atom stereocenters. The van der Waals surface area contributed by atoms with Crippen LogP contribution in [0.15, 0.2) is 18.2 Å². The second-order valence-electron chi connectivity index (χ2n) is 4.06. The van der Waals surface area contributed by atoms with Gasteiger partial charge in [-0.3, -0.25) is 4.79 Å². The molecule has 1 rings (SSSR count). The molecule has 94 valence electrons. The molecule has 4 nitrogen and oxygen atoms in total. The number of amides is 1. The van der Waals surface area contributed by atoms with E-state index in [4.69, 9.17) is 0 Å². The molecule has 0 fully saturated rings. The third-order valence-corrected chi connectivity index (χ3v) is 2.68. The Morgan fingerprint density at radius 1 is 1.35 bits per heavy atom. The van der Waals surface area contributed by atoms with E-state index in [1.54, 1.807) is 0 Å². The van der Waals surface area contributed by atoms with E-state index in [1.165, 1.54) is 18.2 Å². The highest BCUT2D eigenvalue weighted by atomic mass is 79.9. The van der Waals surface area contributed by atoms with Crippen LogP contribution in [0, 0.1) is 0 Å². The highest BCUT2D eigenvalue weighted by Gasteiger charge is 2.18. The van der Waals surface area contributed by atoms with Crippen LogP contribution in [0.25, 0.3) is 0 Å². The minimum absolute atomic E-state index is 0.0455. The molecule has 1 amide bonds. The first-order chi connectivity index (χ1) is 7.91. The van der Waals surface area contributed by atoms with Gasteiger partial charge in [0.2, 0.25) is 0 Å². The summed E-state index contributed by atoms with van der Waals surface area (Å²) in [6.07, 6.45) is 0.764. The zero-order valence-corrected chi connectivity index (χ0v) is 11.4. The second-order valence-corrected chi connectivity index (χ2v) is 5.63. The number of carbonyl (C=O) groups is 1. The van der Waals surface area contributed by atoms with Crippen LogP contribution in [0.4, 0.5) is 0 Å². The van der Waals surface area contributed by atoms with Crippen LogP contribution in [0.5, 0.6) is 11.5 Å². The van der Waals surface area contributed by atoms with Crippen molar-refractivity contribution in [3.8, 4) is 11.5 Å². The molecule has 0 bridgehead atoms. The number of hydrogen-bond acceptors (Lipinski definition) is 3. The van der Waals surface area contributed by atoms with Crippen molar-refractivity contribution in [1.82, 2.24) is 5.32 Å². The molecule has 3 N–H and O–H groups in total. The minimum atomic E-state index is -0.471. The largest absolute Gasteiger partial charge is 0.507 e. The summed E-state index contributed by atoms with van der Waals surface area (Å²) in [6, 6.07) is 4.17. The van der Waals surface area contributed by atoms with Gasteiger partial charge in [-0.15, -0.1) is 0 Å². The Kier molecular flexibility index (Phi) is 4.81. The number of aromatic hydroxyl groups is 2. The highest BCUT2D eigenvalue weighted by Crippen LogP contribution is 2.26. The number of benzene rings is 1. The van der Waals surface area contributed by atoms with E-state index in [1.807, 2.05) is 13.8 Å². The molecule has 0 aliphatic heterocycles. The van der Waals surface area contributed by atoms with Gasteiger partial charge >= 0.3 is 0 Å². The van der Waals surface area contributed by atoms with Crippen LogP contribution < -0.4 is 5.32 Å². The number of phenols is 2. The van der Waals surface area contributed by atoms with E-state index < -0.39 is 5.91 Å². The molecule has 5 heteroatoms. The van der Waals surface area contributed by atoms with Gasteiger partial charge in [0.05, 0.1) is 0 Å². The van der Waals surface area contributed by atoms with Crippen molar-refractivity contribution in [3.05, 3.63) is 23.8 Å². The number of nitrogens with one attached hydrogen (secondary N) is 1. The smallest absolute Gasteiger partial charge is 0.259 e. The normalized spacial score (nSPS) is 14.1. The number of halogens is 1. The second kappa shape index (κ2) is 5.91. The molecule has 0 aromatic heterocycles. The first-order valence-electron chi connectivity index (χ1n) is 5.37. The summed E-state index contributed by atoms with van der Waals surface area (Å²) in [5.41, 5.74) is -0.0819. The van der Waals surface area contributed by atoms with Crippen LogP contribution >= 0.6 is 15.9 Å². The maximum absolute atomic E-state index is 11.8. The average Bonchev–Trinajstić information content (AvgIpc) is 2.15. The maximum Gasteiger partial charge on any atom is 0.259 e. The number of hydrogen-bond donors (Lipinski definition) is 3. The van der Waals surface area contributed by atoms with E-state index >= 15 is 0 Å². The zero-order chi connectivity index (χ0) is 13.0. The molecule has 0 saturated heterocycles. The van der Waals surface area contributed by atoms with Gasteiger partial charge in [-0.05, 0) is 25.5 Å². The van der Waals surface area contributed by atoms with Gasteiger partial charge in [0.1, 0.15) is 17.1 Å². The van der Waals surface area contributed by atoms with E-state index in [-0.39, 0.29) is 27.9 Å². The summed E-state index contributed by atoms with van der Waals surface area (Å²) in [5, 5.41) is 21.8. The fraction of sp³-hybridized carbons (Fsp3) is 0.417. The van der Waals surface area contributed by atoms with Crippen molar-refractivity contribution in [3.63, 3.8) is 0 Å². The Balaban J connectivity index is 2.77. The fourth-order valence-corrected chi connectivity index (χ4v) is 2.16.